The molecule has 1 aromatic heterocycles. The third kappa shape index (κ3) is 4.51. The van der Waals surface area contributed by atoms with Gasteiger partial charge in [-0.2, -0.15) is 13.2 Å². The Morgan fingerprint density at radius 2 is 1.89 bits per heavy atom. The molecule has 0 amide bonds. The van der Waals surface area contributed by atoms with Gasteiger partial charge in [-0.05, 0) is 38.5 Å². The quantitative estimate of drug-likeness (QED) is 0.778. The average Bonchev–Trinajstić information content (AvgIpc) is 2.60. The lowest BCUT2D eigenvalue weighted by Gasteiger charge is -2.43. The summed E-state index contributed by atoms with van der Waals surface area (Å²) in [6.45, 7) is 8.01. The van der Waals surface area contributed by atoms with Crippen LogP contribution in [0.3, 0.4) is 0 Å². The molecule has 4 nitrogen and oxygen atoms in total. The zero-order valence-electron chi connectivity index (χ0n) is 15.9. The number of halogens is 3. The first kappa shape index (κ1) is 19.5. The van der Waals surface area contributed by atoms with E-state index < -0.39 is 11.7 Å². The number of aryl methyl sites for hydroxylation is 2. The van der Waals surface area contributed by atoms with E-state index in [-0.39, 0.29) is 6.04 Å². The second kappa shape index (κ2) is 7.74. The van der Waals surface area contributed by atoms with Gasteiger partial charge in [-0.3, -0.25) is 0 Å². The van der Waals surface area contributed by atoms with Crippen LogP contribution in [0, 0.1) is 13.8 Å². The number of aromatic nitrogens is 2. The highest BCUT2D eigenvalue weighted by molar-refractivity contribution is 5.52. The minimum atomic E-state index is -4.32. The van der Waals surface area contributed by atoms with Crippen molar-refractivity contribution in [3.8, 4) is 0 Å². The predicted molar refractivity (Wildman–Crippen MR) is 101 cm³/mol. The normalized spacial score (nSPS) is 18.1. The van der Waals surface area contributed by atoms with E-state index in [9.17, 15) is 13.2 Å². The second-order valence-electron chi connectivity index (χ2n) is 7.04. The molecule has 1 saturated heterocycles. The summed E-state index contributed by atoms with van der Waals surface area (Å²) in [5, 5.41) is 0. The Balaban J connectivity index is 1.84. The van der Waals surface area contributed by atoms with Crippen molar-refractivity contribution in [2.24, 2.45) is 0 Å². The van der Waals surface area contributed by atoms with Crippen molar-refractivity contribution >= 4 is 11.5 Å². The third-order valence-electron chi connectivity index (χ3n) is 4.89. The lowest BCUT2D eigenvalue weighted by Crippen LogP contribution is -2.53. The van der Waals surface area contributed by atoms with Gasteiger partial charge >= 0.3 is 6.18 Å². The van der Waals surface area contributed by atoms with Crippen LogP contribution in [0.25, 0.3) is 0 Å². The van der Waals surface area contributed by atoms with Crippen LogP contribution < -0.4 is 9.80 Å². The van der Waals surface area contributed by atoms with Gasteiger partial charge in [0.25, 0.3) is 0 Å². The highest BCUT2D eigenvalue weighted by Crippen LogP contribution is 2.33. The fraction of sp³-hybridized carbons (Fsp3) is 0.500. The number of hydrogen-bond donors (Lipinski definition) is 0. The molecule has 0 spiro atoms. The van der Waals surface area contributed by atoms with Gasteiger partial charge in [-0.25, -0.2) is 9.97 Å². The van der Waals surface area contributed by atoms with Crippen molar-refractivity contribution in [2.45, 2.75) is 45.8 Å². The molecule has 0 saturated carbocycles. The van der Waals surface area contributed by atoms with E-state index >= 15 is 0 Å². The van der Waals surface area contributed by atoms with Crippen molar-refractivity contribution in [1.29, 1.82) is 0 Å². The van der Waals surface area contributed by atoms with Crippen LogP contribution in [0.15, 0.2) is 30.3 Å². The van der Waals surface area contributed by atoms with Gasteiger partial charge in [0.05, 0.1) is 5.56 Å². The number of hydrogen-bond acceptors (Lipinski definition) is 4. The maximum Gasteiger partial charge on any atom is 0.416 e. The van der Waals surface area contributed by atoms with E-state index in [0.29, 0.717) is 18.8 Å². The number of nitrogens with zero attached hydrogens (tertiary/aromatic N) is 4. The van der Waals surface area contributed by atoms with Gasteiger partial charge in [0, 0.05) is 43.1 Å². The van der Waals surface area contributed by atoms with Gasteiger partial charge in [0.2, 0.25) is 0 Å². The summed E-state index contributed by atoms with van der Waals surface area (Å²) in [4.78, 5) is 13.2. The Morgan fingerprint density at radius 1 is 1.11 bits per heavy atom. The molecule has 1 unspecified atom stereocenters. The summed E-state index contributed by atoms with van der Waals surface area (Å²) < 4.78 is 39.2. The molecule has 2 aromatic rings. The molecule has 146 valence electrons. The molecule has 27 heavy (non-hydrogen) atoms. The van der Waals surface area contributed by atoms with E-state index in [1.54, 1.807) is 6.07 Å². The van der Waals surface area contributed by atoms with E-state index in [2.05, 4.69) is 21.8 Å². The number of anilines is 2. The summed E-state index contributed by atoms with van der Waals surface area (Å²) in [6.07, 6.45) is -2.37. The SMILES string of the molecule is CCCC1CN(c2cccc(C(F)(F)F)c2)CCN1c1cc(C)nc(C)n1. The Kier molecular flexibility index (Phi) is 5.58. The molecule has 1 aliphatic rings. The molecular formula is C20H25F3N4. The number of rotatable bonds is 4. The Labute approximate surface area is 158 Å². The fourth-order valence-corrected chi connectivity index (χ4v) is 3.70. The lowest BCUT2D eigenvalue weighted by atomic mass is 10.0. The first-order valence-corrected chi connectivity index (χ1v) is 9.29. The first-order chi connectivity index (χ1) is 12.8. The molecule has 1 atom stereocenters. The van der Waals surface area contributed by atoms with Gasteiger partial charge in [-0.1, -0.05) is 19.4 Å². The van der Waals surface area contributed by atoms with Crippen molar-refractivity contribution in [2.75, 3.05) is 29.4 Å². The van der Waals surface area contributed by atoms with Gasteiger partial charge < -0.3 is 9.80 Å². The molecular weight excluding hydrogens is 353 g/mol. The van der Waals surface area contributed by atoms with Crippen LogP contribution in [0.4, 0.5) is 24.7 Å². The lowest BCUT2D eigenvalue weighted by molar-refractivity contribution is -0.137. The standard InChI is InChI=1S/C20H25F3N4/c1-4-6-18-13-26(17-8-5-7-16(12-17)20(21,22)23)9-10-27(18)19-11-14(2)24-15(3)25-19/h5,7-8,11-12,18H,4,6,9-10,13H2,1-3H3. The Morgan fingerprint density at radius 3 is 2.56 bits per heavy atom. The number of benzene rings is 1. The molecule has 1 fully saturated rings. The molecule has 3 rings (SSSR count). The Hall–Kier alpha value is -2.31. The highest BCUT2D eigenvalue weighted by Gasteiger charge is 2.32. The smallest absolute Gasteiger partial charge is 0.368 e. The monoisotopic (exact) mass is 378 g/mol. The van der Waals surface area contributed by atoms with Crippen LogP contribution in [-0.2, 0) is 6.18 Å². The number of alkyl halides is 3. The van der Waals surface area contributed by atoms with Gasteiger partial charge in [0.15, 0.2) is 0 Å². The highest BCUT2D eigenvalue weighted by atomic mass is 19.4. The van der Waals surface area contributed by atoms with E-state index in [0.717, 1.165) is 42.8 Å². The molecule has 1 aliphatic heterocycles. The maximum absolute atomic E-state index is 13.1. The Bertz CT molecular complexity index is 771. The van der Waals surface area contributed by atoms with E-state index in [1.165, 1.54) is 12.1 Å². The summed E-state index contributed by atoms with van der Waals surface area (Å²) in [7, 11) is 0. The minimum absolute atomic E-state index is 0.201. The van der Waals surface area contributed by atoms with Crippen molar-refractivity contribution in [3.05, 3.63) is 47.4 Å². The van der Waals surface area contributed by atoms with E-state index in [4.69, 9.17) is 0 Å². The van der Waals surface area contributed by atoms with Crippen LogP contribution in [0.1, 0.15) is 36.8 Å². The van der Waals surface area contributed by atoms with Crippen molar-refractivity contribution in [3.63, 3.8) is 0 Å². The number of piperazine rings is 1. The van der Waals surface area contributed by atoms with Crippen molar-refractivity contribution < 1.29 is 13.2 Å². The summed E-state index contributed by atoms with van der Waals surface area (Å²) in [6, 6.07) is 7.79. The fourth-order valence-electron chi connectivity index (χ4n) is 3.70. The molecule has 0 aliphatic carbocycles. The van der Waals surface area contributed by atoms with Crippen LogP contribution in [0.2, 0.25) is 0 Å². The molecule has 0 N–H and O–H groups in total. The largest absolute Gasteiger partial charge is 0.416 e. The summed E-state index contributed by atoms with van der Waals surface area (Å²) >= 11 is 0. The molecule has 7 heteroatoms. The predicted octanol–water partition coefficient (Wildman–Crippen LogP) is 4.61. The molecule has 0 radical (unpaired) electrons. The molecule has 1 aromatic carbocycles. The van der Waals surface area contributed by atoms with Crippen molar-refractivity contribution in [1.82, 2.24) is 9.97 Å². The van der Waals surface area contributed by atoms with Gasteiger partial charge in [-0.15, -0.1) is 0 Å². The maximum atomic E-state index is 13.1. The first-order valence-electron chi connectivity index (χ1n) is 9.29. The molecule has 2 heterocycles. The van der Waals surface area contributed by atoms with Crippen LogP contribution in [-0.4, -0.2) is 35.6 Å². The van der Waals surface area contributed by atoms with Gasteiger partial charge in [0.1, 0.15) is 11.6 Å². The zero-order valence-corrected chi connectivity index (χ0v) is 15.9. The van der Waals surface area contributed by atoms with Crippen LogP contribution >= 0.6 is 0 Å². The summed E-state index contributed by atoms with van der Waals surface area (Å²) in [5.41, 5.74) is 0.949. The summed E-state index contributed by atoms with van der Waals surface area (Å²) in [5.74, 6) is 1.64. The minimum Gasteiger partial charge on any atom is -0.368 e. The van der Waals surface area contributed by atoms with E-state index in [1.807, 2.05) is 24.8 Å². The average molecular weight is 378 g/mol. The van der Waals surface area contributed by atoms with Crippen LogP contribution in [0.5, 0.6) is 0 Å². The second-order valence-corrected chi connectivity index (χ2v) is 7.04. The molecule has 0 bridgehead atoms. The topological polar surface area (TPSA) is 32.3 Å². The zero-order chi connectivity index (χ0) is 19.6. The third-order valence-corrected chi connectivity index (χ3v) is 4.89.